The Hall–Kier alpha value is -1.16. The van der Waals surface area contributed by atoms with Gasteiger partial charge in [0.2, 0.25) is 0 Å². The van der Waals surface area contributed by atoms with Gasteiger partial charge < -0.3 is 9.84 Å². The maximum Gasteiger partial charge on any atom is 0.314 e. The van der Waals surface area contributed by atoms with Gasteiger partial charge in [-0.15, -0.1) is 0 Å². The Morgan fingerprint density at radius 3 is 2.60 bits per heavy atom. The second kappa shape index (κ2) is 5.32. The summed E-state index contributed by atoms with van der Waals surface area (Å²) < 4.78 is 5.40. The third-order valence-electron chi connectivity index (χ3n) is 4.59. The molecule has 108 valence electrons. The van der Waals surface area contributed by atoms with Crippen molar-refractivity contribution in [2.45, 2.75) is 37.0 Å². The molecule has 1 aromatic carbocycles. The summed E-state index contributed by atoms with van der Waals surface area (Å²) in [4.78, 5) is 11.6. The smallest absolute Gasteiger partial charge is 0.314 e. The van der Waals surface area contributed by atoms with E-state index in [0.29, 0.717) is 5.92 Å². The number of thioether (sulfide) groups is 1. The van der Waals surface area contributed by atoms with Crippen LogP contribution in [0.5, 0.6) is 5.75 Å². The Labute approximate surface area is 123 Å². The number of hydrogen-bond acceptors (Lipinski definition) is 3. The van der Waals surface area contributed by atoms with Crippen LogP contribution in [-0.4, -0.2) is 29.7 Å². The Bertz CT molecular complexity index is 516. The molecule has 2 aliphatic rings. The molecule has 3 rings (SSSR count). The zero-order chi connectivity index (χ0) is 14.2. The average Bonchev–Trinajstić information content (AvgIpc) is 3.29. The molecule has 0 bridgehead atoms. The lowest BCUT2D eigenvalue weighted by atomic mass is 9.87. The SMILES string of the molecule is COc1ccc(C2CCSCC2)cc1C1(C(=O)O)CC1. The van der Waals surface area contributed by atoms with E-state index in [-0.39, 0.29) is 0 Å². The molecule has 0 spiro atoms. The van der Waals surface area contributed by atoms with E-state index in [0.717, 1.165) is 24.2 Å². The highest BCUT2D eigenvalue weighted by molar-refractivity contribution is 7.99. The lowest BCUT2D eigenvalue weighted by Gasteiger charge is -2.24. The third-order valence-corrected chi connectivity index (χ3v) is 5.64. The van der Waals surface area contributed by atoms with E-state index < -0.39 is 11.4 Å². The second-order valence-corrected chi connectivity index (χ2v) is 6.96. The molecular formula is C16H20O3S. The van der Waals surface area contributed by atoms with Gasteiger partial charge in [0.1, 0.15) is 5.75 Å². The van der Waals surface area contributed by atoms with Gasteiger partial charge in [0.05, 0.1) is 12.5 Å². The van der Waals surface area contributed by atoms with E-state index >= 15 is 0 Å². The molecule has 1 aliphatic heterocycles. The summed E-state index contributed by atoms with van der Waals surface area (Å²) >= 11 is 2.01. The molecule has 0 atom stereocenters. The molecule has 1 saturated heterocycles. The van der Waals surface area contributed by atoms with Crippen LogP contribution in [0, 0.1) is 0 Å². The molecule has 3 nitrogen and oxygen atoms in total. The monoisotopic (exact) mass is 292 g/mol. The van der Waals surface area contributed by atoms with Crippen LogP contribution in [-0.2, 0) is 10.2 Å². The fourth-order valence-corrected chi connectivity index (χ4v) is 4.21. The van der Waals surface area contributed by atoms with Crippen LogP contribution in [0.4, 0.5) is 0 Å². The minimum absolute atomic E-state index is 0.575. The quantitative estimate of drug-likeness (QED) is 0.923. The topological polar surface area (TPSA) is 46.5 Å². The summed E-state index contributed by atoms with van der Waals surface area (Å²) in [5.74, 6) is 2.99. The van der Waals surface area contributed by atoms with E-state index in [1.54, 1.807) is 7.11 Å². The van der Waals surface area contributed by atoms with Crippen molar-refractivity contribution >= 4 is 17.7 Å². The number of methoxy groups -OCH3 is 1. The lowest BCUT2D eigenvalue weighted by Crippen LogP contribution is -2.21. The maximum absolute atomic E-state index is 11.6. The van der Waals surface area contributed by atoms with Crippen LogP contribution >= 0.6 is 11.8 Å². The first-order chi connectivity index (χ1) is 9.67. The molecule has 1 aliphatic carbocycles. The first-order valence-electron chi connectivity index (χ1n) is 7.17. The van der Waals surface area contributed by atoms with Gasteiger partial charge in [0, 0.05) is 5.56 Å². The van der Waals surface area contributed by atoms with Gasteiger partial charge in [-0.1, -0.05) is 12.1 Å². The van der Waals surface area contributed by atoms with Crippen molar-refractivity contribution in [2.24, 2.45) is 0 Å². The first kappa shape index (κ1) is 13.8. The minimum Gasteiger partial charge on any atom is -0.496 e. The molecule has 20 heavy (non-hydrogen) atoms. The van der Waals surface area contributed by atoms with E-state index in [9.17, 15) is 9.90 Å². The fourth-order valence-electron chi connectivity index (χ4n) is 3.11. The number of aliphatic carboxylic acids is 1. The van der Waals surface area contributed by atoms with Crippen molar-refractivity contribution in [2.75, 3.05) is 18.6 Å². The summed E-state index contributed by atoms with van der Waals surface area (Å²) in [5.41, 5.74) is 1.47. The van der Waals surface area contributed by atoms with E-state index in [2.05, 4.69) is 12.1 Å². The molecule has 1 aromatic rings. The largest absolute Gasteiger partial charge is 0.496 e. The van der Waals surface area contributed by atoms with Crippen LogP contribution in [0.2, 0.25) is 0 Å². The van der Waals surface area contributed by atoms with Crippen LogP contribution in [0.1, 0.15) is 42.7 Å². The molecule has 1 heterocycles. The second-order valence-electron chi connectivity index (χ2n) is 5.73. The Kier molecular flexibility index (Phi) is 3.67. The third kappa shape index (κ3) is 2.30. The molecule has 0 unspecified atom stereocenters. The zero-order valence-electron chi connectivity index (χ0n) is 11.7. The number of carboxylic acids is 1. The number of hydrogen-bond donors (Lipinski definition) is 1. The number of rotatable bonds is 4. The van der Waals surface area contributed by atoms with E-state index in [4.69, 9.17) is 4.74 Å². The molecule has 1 saturated carbocycles. The van der Waals surface area contributed by atoms with E-state index in [1.165, 1.54) is 29.9 Å². The Morgan fingerprint density at radius 2 is 2.05 bits per heavy atom. The standard InChI is InChI=1S/C16H20O3S/c1-19-14-3-2-12(11-4-8-20-9-5-11)10-13(14)16(6-7-16)15(17)18/h2-3,10-11H,4-9H2,1H3,(H,17,18). The molecule has 0 radical (unpaired) electrons. The normalized spacial score (nSPS) is 21.4. The Balaban J connectivity index is 1.97. The summed E-state index contributed by atoms with van der Waals surface area (Å²) in [6.45, 7) is 0. The van der Waals surface area contributed by atoms with Crippen molar-refractivity contribution in [1.29, 1.82) is 0 Å². The summed E-state index contributed by atoms with van der Waals surface area (Å²) in [5, 5.41) is 9.52. The number of carbonyl (C=O) groups is 1. The lowest BCUT2D eigenvalue weighted by molar-refractivity contribution is -0.140. The zero-order valence-corrected chi connectivity index (χ0v) is 12.5. The van der Waals surface area contributed by atoms with Gasteiger partial charge in [-0.2, -0.15) is 11.8 Å². The fraction of sp³-hybridized carbons (Fsp3) is 0.562. The number of carboxylic acid groups (broad SMARTS) is 1. The van der Waals surface area contributed by atoms with E-state index in [1.807, 2.05) is 17.8 Å². The summed E-state index contributed by atoms with van der Waals surface area (Å²) in [6, 6.07) is 6.16. The molecule has 2 fully saturated rings. The number of ether oxygens (including phenoxy) is 1. The highest BCUT2D eigenvalue weighted by Gasteiger charge is 2.53. The minimum atomic E-state index is -0.716. The van der Waals surface area contributed by atoms with Crippen LogP contribution < -0.4 is 4.74 Å². The Morgan fingerprint density at radius 1 is 1.35 bits per heavy atom. The average molecular weight is 292 g/mol. The number of benzene rings is 1. The van der Waals surface area contributed by atoms with Crippen molar-refractivity contribution in [3.05, 3.63) is 29.3 Å². The molecule has 0 aromatic heterocycles. The predicted octanol–water partition coefficient (Wildman–Crippen LogP) is 3.42. The maximum atomic E-state index is 11.6. The first-order valence-corrected chi connectivity index (χ1v) is 8.32. The van der Waals surface area contributed by atoms with Crippen LogP contribution in [0.3, 0.4) is 0 Å². The molecule has 0 amide bonds. The highest BCUT2D eigenvalue weighted by atomic mass is 32.2. The molecule has 4 heteroatoms. The van der Waals surface area contributed by atoms with Gasteiger partial charge in [0.25, 0.3) is 0 Å². The van der Waals surface area contributed by atoms with Crippen LogP contribution in [0.25, 0.3) is 0 Å². The van der Waals surface area contributed by atoms with Crippen molar-refractivity contribution in [3.8, 4) is 5.75 Å². The van der Waals surface area contributed by atoms with Crippen molar-refractivity contribution < 1.29 is 14.6 Å². The predicted molar refractivity (Wildman–Crippen MR) is 80.8 cm³/mol. The summed E-state index contributed by atoms with van der Waals surface area (Å²) in [6.07, 6.45) is 3.83. The van der Waals surface area contributed by atoms with Gasteiger partial charge in [-0.05, 0) is 54.7 Å². The molecular weight excluding hydrogens is 272 g/mol. The highest BCUT2D eigenvalue weighted by Crippen LogP contribution is 2.52. The van der Waals surface area contributed by atoms with Gasteiger partial charge in [-0.3, -0.25) is 4.79 Å². The van der Waals surface area contributed by atoms with Gasteiger partial charge in [0.15, 0.2) is 0 Å². The van der Waals surface area contributed by atoms with Crippen LogP contribution in [0.15, 0.2) is 18.2 Å². The van der Waals surface area contributed by atoms with Gasteiger partial charge >= 0.3 is 5.97 Å². The summed E-state index contributed by atoms with van der Waals surface area (Å²) in [7, 11) is 1.62. The molecule has 1 N–H and O–H groups in total. The van der Waals surface area contributed by atoms with Crippen molar-refractivity contribution in [1.82, 2.24) is 0 Å². The van der Waals surface area contributed by atoms with Gasteiger partial charge in [-0.25, -0.2) is 0 Å². The van der Waals surface area contributed by atoms with Crippen molar-refractivity contribution in [3.63, 3.8) is 0 Å².